The highest BCUT2D eigenvalue weighted by atomic mass is 16.5. The molecule has 2 aromatic rings. The first kappa shape index (κ1) is 18.3. The molecule has 0 bridgehead atoms. The molecule has 4 nitrogen and oxygen atoms in total. The summed E-state index contributed by atoms with van der Waals surface area (Å²) in [4.78, 5) is 14.4. The molecule has 0 saturated carbocycles. The van der Waals surface area contributed by atoms with Crippen LogP contribution in [0.5, 0.6) is 5.75 Å². The van der Waals surface area contributed by atoms with Crippen LogP contribution in [-0.2, 0) is 4.79 Å². The first-order chi connectivity index (χ1) is 12.7. The van der Waals surface area contributed by atoms with Gasteiger partial charge in [0.2, 0.25) is 5.91 Å². The summed E-state index contributed by atoms with van der Waals surface area (Å²) in [6, 6.07) is 18.3. The average molecular weight is 352 g/mol. The fourth-order valence-electron chi connectivity index (χ4n) is 3.34. The van der Waals surface area contributed by atoms with Gasteiger partial charge < -0.3 is 15.0 Å². The molecule has 0 radical (unpaired) electrons. The summed E-state index contributed by atoms with van der Waals surface area (Å²) in [6.07, 6.45) is 2.38. The molecule has 0 aromatic heterocycles. The molecule has 1 saturated heterocycles. The van der Waals surface area contributed by atoms with Crippen LogP contribution in [-0.4, -0.2) is 32.1 Å². The maximum absolute atomic E-state index is 12.0. The quantitative estimate of drug-likeness (QED) is 0.735. The number of ether oxygens (including phenoxy) is 1. The lowest BCUT2D eigenvalue weighted by Crippen LogP contribution is -2.31. The van der Waals surface area contributed by atoms with E-state index in [1.807, 2.05) is 30.3 Å². The zero-order valence-corrected chi connectivity index (χ0v) is 15.5. The Morgan fingerprint density at radius 1 is 1.19 bits per heavy atom. The Hall–Kier alpha value is -2.49. The minimum atomic E-state index is 0.121. The Balaban J connectivity index is 1.31. The van der Waals surface area contributed by atoms with Crippen molar-refractivity contribution in [3.05, 3.63) is 60.2 Å². The van der Waals surface area contributed by atoms with Crippen LogP contribution in [0.15, 0.2) is 54.6 Å². The van der Waals surface area contributed by atoms with Crippen LogP contribution >= 0.6 is 0 Å². The molecule has 26 heavy (non-hydrogen) atoms. The molecular formula is C22H28N2O2. The predicted molar refractivity (Wildman–Crippen MR) is 106 cm³/mol. The molecule has 1 atom stereocenters. The van der Waals surface area contributed by atoms with Gasteiger partial charge in [-0.15, -0.1) is 0 Å². The number of nitrogens with one attached hydrogen (secondary N) is 1. The normalized spacial score (nSPS) is 16.5. The van der Waals surface area contributed by atoms with E-state index in [4.69, 9.17) is 4.74 Å². The highest BCUT2D eigenvalue weighted by molar-refractivity contribution is 5.75. The highest BCUT2D eigenvalue weighted by Gasteiger charge is 2.23. The summed E-state index contributed by atoms with van der Waals surface area (Å²) in [5, 5.41) is 3.09. The van der Waals surface area contributed by atoms with Crippen molar-refractivity contribution in [1.29, 1.82) is 0 Å². The number of hydrogen-bond acceptors (Lipinski definition) is 3. The number of amides is 1. The number of hydrogen-bond donors (Lipinski definition) is 1. The summed E-state index contributed by atoms with van der Waals surface area (Å²) in [5.41, 5.74) is 2.58. The lowest BCUT2D eigenvalue weighted by atomic mass is 10.1. The highest BCUT2D eigenvalue weighted by Crippen LogP contribution is 2.24. The van der Waals surface area contributed by atoms with Crippen molar-refractivity contribution in [2.75, 3.05) is 31.1 Å². The number of para-hydroxylation sites is 1. The van der Waals surface area contributed by atoms with E-state index in [9.17, 15) is 4.79 Å². The number of rotatable bonds is 8. The summed E-state index contributed by atoms with van der Waals surface area (Å²) in [5.74, 6) is 1.51. The Morgan fingerprint density at radius 2 is 2.04 bits per heavy atom. The van der Waals surface area contributed by atoms with Crippen molar-refractivity contribution in [3.63, 3.8) is 0 Å². The van der Waals surface area contributed by atoms with Gasteiger partial charge in [-0.1, -0.05) is 30.3 Å². The van der Waals surface area contributed by atoms with Gasteiger partial charge in [0.1, 0.15) is 5.75 Å². The monoisotopic (exact) mass is 352 g/mol. The topological polar surface area (TPSA) is 41.6 Å². The van der Waals surface area contributed by atoms with E-state index in [2.05, 4.69) is 41.4 Å². The van der Waals surface area contributed by atoms with Crippen LogP contribution < -0.4 is 15.0 Å². The van der Waals surface area contributed by atoms with Crippen molar-refractivity contribution in [2.45, 2.75) is 26.2 Å². The van der Waals surface area contributed by atoms with E-state index >= 15 is 0 Å². The number of aryl methyl sites for hydroxylation is 1. The summed E-state index contributed by atoms with van der Waals surface area (Å²) in [7, 11) is 0. The van der Waals surface area contributed by atoms with E-state index in [1.165, 1.54) is 11.3 Å². The first-order valence-electron chi connectivity index (χ1n) is 9.47. The lowest BCUT2D eigenvalue weighted by molar-refractivity contribution is -0.121. The van der Waals surface area contributed by atoms with Gasteiger partial charge in [0.25, 0.3) is 0 Å². The minimum Gasteiger partial charge on any atom is -0.494 e. The third-order valence-corrected chi connectivity index (χ3v) is 4.80. The third kappa shape index (κ3) is 5.51. The van der Waals surface area contributed by atoms with Gasteiger partial charge in [-0.2, -0.15) is 0 Å². The molecular weight excluding hydrogens is 324 g/mol. The smallest absolute Gasteiger partial charge is 0.220 e. The molecule has 1 aliphatic heterocycles. The van der Waals surface area contributed by atoms with E-state index < -0.39 is 0 Å². The fraction of sp³-hybridized carbons (Fsp3) is 0.409. The van der Waals surface area contributed by atoms with Crippen LogP contribution in [0, 0.1) is 12.8 Å². The molecule has 1 amide bonds. The SMILES string of the molecule is Cc1cccc(N2CCC(CNC(=O)CCCOc3ccccc3)C2)c1. The molecule has 1 heterocycles. The molecule has 3 rings (SSSR count). The minimum absolute atomic E-state index is 0.121. The van der Waals surface area contributed by atoms with Gasteiger partial charge in [0.15, 0.2) is 0 Å². The van der Waals surface area contributed by atoms with Crippen LogP contribution in [0.25, 0.3) is 0 Å². The Bertz CT molecular complexity index is 702. The molecule has 138 valence electrons. The molecule has 1 N–H and O–H groups in total. The van der Waals surface area contributed by atoms with Gasteiger partial charge >= 0.3 is 0 Å². The van der Waals surface area contributed by atoms with Crippen molar-refractivity contribution in [2.24, 2.45) is 5.92 Å². The molecule has 4 heteroatoms. The maximum atomic E-state index is 12.0. The molecule has 0 aliphatic carbocycles. The molecule has 1 aliphatic rings. The second-order valence-electron chi connectivity index (χ2n) is 7.01. The van der Waals surface area contributed by atoms with E-state index in [1.54, 1.807) is 0 Å². The van der Waals surface area contributed by atoms with Gasteiger partial charge in [0.05, 0.1) is 6.61 Å². The summed E-state index contributed by atoms with van der Waals surface area (Å²) < 4.78 is 5.62. The third-order valence-electron chi connectivity index (χ3n) is 4.80. The summed E-state index contributed by atoms with van der Waals surface area (Å²) in [6.45, 7) is 5.54. The van der Waals surface area contributed by atoms with Gasteiger partial charge in [-0.05, 0) is 55.5 Å². The second kappa shape index (κ2) is 9.27. The van der Waals surface area contributed by atoms with Gasteiger partial charge in [-0.25, -0.2) is 0 Å². The van der Waals surface area contributed by atoms with Crippen molar-refractivity contribution < 1.29 is 9.53 Å². The molecule has 1 unspecified atom stereocenters. The largest absolute Gasteiger partial charge is 0.494 e. The predicted octanol–water partition coefficient (Wildman–Crippen LogP) is 3.80. The Kier molecular flexibility index (Phi) is 6.53. The van der Waals surface area contributed by atoms with E-state index in [0.717, 1.165) is 38.2 Å². The maximum Gasteiger partial charge on any atom is 0.220 e. The zero-order chi connectivity index (χ0) is 18.2. The van der Waals surface area contributed by atoms with E-state index in [0.29, 0.717) is 18.9 Å². The number of carbonyl (C=O) groups excluding carboxylic acids is 1. The van der Waals surface area contributed by atoms with Crippen LogP contribution in [0.3, 0.4) is 0 Å². The number of carbonyl (C=O) groups is 1. The van der Waals surface area contributed by atoms with Crippen molar-refractivity contribution in [3.8, 4) is 5.75 Å². The van der Waals surface area contributed by atoms with Crippen LogP contribution in [0.1, 0.15) is 24.8 Å². The van der Waals surface area contributed by atoms with Gasteiger partial charge in [-0.3, -0.25) is 4.79 Å². The molecule has 0 spiro atoms. The van der Waals surface area contributed by atoms with Crippen LogP contribution in [0.2, 0.25) is 0 Å². The Labute approximate surface area is 156 Å². The van der Waals surface area contributed by atoms with Gasteiger partial charge in [0, 0.05) is 31.7 Å². The molecule has 2 aromatic carbocycles. The molecule has 1 fully saturated rings. The zero-order valence-electron chi connectivity index (χ0n) is 15.5. The number of nitrogens with zero attached hydrogens (tertiary/aromatic N) is 1. The van der Waals surface area contributed by atoms with Crippen molar-refractivity contribution in [1.82, 2.24) is 5.32 Å². The number of anilines is 1. The standard InChI is InChI=1S/C22H28N2O2/c1-18-7-5-8-20(15-18)24-13-12-19(17-24)16-23-22(25)11-6-14-26-21-9-3-2-4-10-21/h2-5,7-10,15,19H,6,11-14,16-17H2,1H3,(H,23,25). The summed E-state index contributed by atoms with van der Waals surface area (Å²) >= 11 is 0. The lowest BCUT2D eigenvalue weighted by Gasteiger charge is -2.19. The van der Waals surface area contributed by atoms with E-state index in [-0.39, 0.29) is 5.91 Å². The number of benzene rings is 2. The second-order valence-corrected chi connectivity index (χ2v) is 7.01. The van der Waals surface area contributed by atoms with Crippen LogP contribution in [0.4, 0.5) is 5.69 Å². The fourth-order valence-corrected chi connectivity index (χ4v) is 3.34. The average Bonchev–Trinajstić information content (AvgIpc) is 3.14. The van der Waals surface area contributed by atoms with Crippen molar-refractivity contribution >= 4 is 11.6 Å². The first-order valence-corrected chi connectivity index (χ1v) is 9.47. The Morgan fingerprint density at radius 3 is 2.85 bits per heavy atom.